The molecule has 4 aliphatic rings. The summed E-state index contributed by atoms with van der Waals surface area (Å²) in [6.07, 6.45) is 8.62. The second-order valence-electron chi connectivity index (χ2n) is 7.25. The van der Waals surface area contributed by atoms with Gasteiger partial charge in [0.25, 0.3) is 0 Å². The molecule has 2 N–H and O–H groups in total. The molecule has 1 aromatic rings. The standard InChI is InChI=1S/C18H25N.ClH/c19-7-6-18(15-4-2-1-3-5-15)16-9-13-8-14(11-16)12-17(18)10-13;/h1-5,13-14,16-17H,6-12,19H2;1H. The quantitative estimate of drug-likeness (QED) is 0.889. The van der Waals surface area contributed by atoms with Gasteiger partial charge in [0.15, 0.2) is 0 Å². The fourth-order valence-corrected chi connectivity index (χ4v) is 6.04. The molecule has 0 unspecified atom stereocenters. The van der Waals surface area contributed by atoms with E-state index >= 15 is 0 Å². The molecule has 1 nitrogen and oxygen atoms in total. The summed E-state index contributed by atoms with van der Waals surface area (Å²) in [4.78, 5) is 0. The Morgan fingerprint density at radius 1 is 0.900 bits per heavy atom. The molecule has 0 spiro atoms. The third kappa shape index (κ3) is 1.94. The lowest BCUT2D eigenvalue weighted by molar-refractivity contribution is -0.0639. The normalized spacial score (nSPS) is 41.5. The van der Waals surface area contributed by atoms with Crippen LogP contribution in [-0.4, -0.2) is 6.54 Å². The Hall–Kier alpha value is -0.530. The van der Waals surface area contributed by atoms with Crippen LogP contribution < -0.4 is 5.73 Å². The largest absolute Gasteiger partial charge is 0.330 e. The van der Waals surface area contributed by atoms with Crippen LogP contribution in [0.25, 0.3) is 0 Å². The Labute approximate surface area is 128 Å². The van der Waals surface area contributed by atoms with E-state index in [2.05, 4.69) is 30.3 Å². The van der Waals surface area contributed by atoms with Gasteiger partial charge < -0.3 is 5.73 Å². The fourth-order valence-electron chi connectivity index (χ4n) is 6.04. The minimum absolute atomic E-state index is 0. The van der Waals surface area contributed by atoms with Crippen LogP contribution in [0.2, 0.25) is 0 Å². The summed E-state index contributed by atoms with van der Waals surface area (Å²) in [5, 5.41) is 0. The zero-order valence-electron chi connectivity index (χ0n) is 12.1. The van der Waals surface area contributed by atoms with Crippen molar-refractivity contribution < 1.29 is 0 Å². The summed E-state index contributed by atoms with van der Waals surface area (Å²) in [6, 6.07) is 11.3. The van der Waals surface area contributed by atoms with Crippen molar-refractivity contribution in [2.24, 2.45) is 29.4 Å². The maximum absolute atomic E-state index is 6.03. The molecule has 4 fully saturated rings. The molecule has 4 saturated carbocycles. The summed E-state index contributed by atoms with van der Waals surface area (Å²) in [6.45, 7) is 0.844. The smallest absolute Gasteiger partial charge is 0.00218 e. The number of benzene rings is 1. The highest BCUT2D eigenvalue weighted by Crippen LogP contribution is 2.63. The molecular weight excluding hydrogens is 266 g/mol. The van der Waals surface area contributed by atoms with Crippen LogP contribution in [0.1, 0.15) is 44.1 Å². The van der Waals surface area contributed by atoms with Gasteiger partial charge in [0.05, 0.1) is 0 Å². The first-order valence-corrected chi connectivity index (χ1v) is 8.08. The van der Waals surface area contributed by atoms with Crippen molar-refractivity contribution in [2.45, 2.75) is 43.9 Å². The van der Waals surface area contributed by atoms with Gasteiger partial charge in [-0.2, -0.15) is 0 Å². The van der Waals surface area contributed by atoms with Crippen molar-refractivity contribution >= 4 is 12.4 Å². The molecular formula is C18H26ClN. The minimum Gasteiger partial charge on any atom is -0.330 e. The number of hydrogen-bond acceptors (Lipinski definition) is 1. The Kier molecular flexibility index (Phi) is 3.85. The van der Waals surface area contributed by atoms with E-state index in [1.165, 1.54) is 38.5 Å². The minimum atomic E-state index is 0. The molecule has 0 heterocycles. The van der Waals surface area contributed by atoms with Crippen molar-refractivity contribution in [3.05, 3.63) is 35.9 Å². The molecule has 2 heteroatoms. The number of hydrogen-bond donors (Lipinski definition) is 1. The van der Waals surface area contributed by atoms with E-state index in [0.717, 1.165) is 30.2 Å². The van der Waals surface area contributed by atoms with E-state index < -0.39 is 0 Å². The van der Waals surface area contributed by atoms with Crippen molar-refractivity contribution in [1.29, 1.82) is 0 Å². The maximum atomic E-state index is 6.03. The average molecular weight is 292 g/mol. The molecule has 110 valence electrons. The molecule has 5 rings (SSSR count). The van der Waals surface area contributed by atoms with Crippen molar-refractivity contribution in [1.82, 2.24) is 0 Å². The van der Waals surface area contributed by atoms with Gasteiger partial charge in [0.1, 0.15) is 0 Å². The van der Waals surface area contributed by atoms with Crippen LogP contribution in [0.4, 0.5) is 0 Å². The topological polar surface area (TPSA) is 26.0 Å². The van der Waals surface area contributed by atoms with Gasteiger partial charge in [0.2, 0.25) is 0 Å². The Balaban J connectivity index is 0.00000121. The second kappa shape index (κ2) is 5.35. The summed E-state index contributed by atoms with van der Waals surface area (Å²) < 4.78 is 0. The van der Waals surface area contributed by atoms with E-state index in [0.29, 0.717) is 5.41 Å². The van der Waals surface area contributed by atoms with Gasteiger partial charge in [0, 0.05) is 5.41 Å². The van der Waals surface area contributed by atoms with Crippen LogP contribution in [0.3, 0.4) is 0 Å². The Morgan fingerprint density at radius 2 is 1.45 bits per heavy atom. The molecule has 0 aromatic heterocycles. The molecule has 20 heavy (non-hydrogen) atoms. The molecule has 0 saturated heterocycles. The first-order chi connectivity index (χ1) is 9.33. The van der Waals surface area contributed by atoms with Crippen LogP contribution in [0.15, 0.2) is 30.3 Å². The van der Waals surface area contributed by atoms with Gasteiger partial charge in [-0.25, -0.2) is 0 Å². The molecule has 0 atom stereocenters. The number of nitrogens with two attached hydrogens (primary N) is 1. The first-order valence-electron chi connectivity index (χ1n) is 8.08. The molecule has 0 radical (unpaired) electrons. The van der Waals surface area contributed by atoms with E-state index in [1.807, 2.05) is 0 Å². The highest BCUT2D eigenvalue weighted by Gasteiger charge is 2.57. The molecule has 0 aliphatic heterocycles. The van der Waals surface area contributed by atoms with Gasteiger partial charge in [-0.15, -0.1) is 12.4 Å². The monoisotopic (exact) mass is 291 g/mol. The Bertz CT molecular complexity index is 428. The number of rotatable bonds is 3. The average Bonchev–Trinajstić information content (AvgIpc) is 2.43. The van der Waals surface area contributed by atoms with Crippen molar-refractivity contribution in [3.63, 3.8) is 0 Å². The van der Waals surface area contributed by atoms with E-state index in [1.54, 1.807) is 5.56 Å². The van der Waals surface area contributed by atoms with Crippen LogP contribution in [0, 0.1) is 23.7 Å². The molecule has 1 aromatic carbocycles. The summed E-state index contributed by atoms with van der Waals surface area (Å²) in [7, 11) is 0. The third-order valence-electron chi connectivity index (χ3n) is 6.46. The fraction of sp³-hybridized carbons (Fsp3) is 0.667. The zero-order valence-corrected chi connectivity index (χ0v) is 12.9. The molecule has 0 amide bonds. The summed E-state index contributed by atoms with van der Waals surface area (Å²) >= 11 is 0. The lowest BCUT2D eigenvalue weighted by Crippen LogP contribution is -2.56. The lowest BCUT2D eigenvalue weighted by atomic mass is 9.43. The molecule has 4 bridgehead atoms. The highest BCUT2D eigenvalue weighted by atomic mass is 35.5. The van der Waals surface area contributed by atoms with E-state index in [9.17, 15) is 0 Å². The summed E-state index contributed by atoms with van der Waals surface area (Å²) in [5.41, 5.74) is 8.04. The van der Waals surface area contributed by atoms with Gasteiger partial charge in [-0.3, -0.25) is 0 Å². The van der Waals surface area contributed by atoms with Crippen LogP contribution in [0.5, 0.6) is 0 Å². The van der Waals surface area contributed by atoms with Crippen LogP contribution >= 0.6 is 12.4 Å². The highest BCUT2D eigenvalue weighted by molar-refractivity contribution is 5.85. The zero-order chi connectivity index (χ0) is 12.9. The maximum Gasteiger partial charge on any atom is 0.00218 e. The van der Waals surface area contributed by atoms with Gasteiger partial charge in [-0.1, -0.05) is 30.3 Å². The third-order valence-corrected chi connectivity index (χ3v) is 6.46. The predicted octanol–water partition coefficient (Wildman–Crippen LogP) is 4.15. The second-order valence-corrected chi connectivity index (χ2v) is 7.25. The van der Waals surface area contributed by atoms with E-state index in [4.69, 9.17) is 5.73 Å². The predicted molar refractivity (Wildman–Crippen MR) is 86.1 cm³/mol. The Morgan fingerprint density at radius 3 is 1.95 bits per heavy atom. The number of halogens is 1. The van der Waals surface area contributed by atoms with Crippen LogP contribution in [-0.2, 0) is 5.41 Å². The van der Waals surface area contributed by atoms with Crippen molar-refractivity contribution in [2.75, 3.05) is 6.54 Å². The molecule has 4 aliphatic carbocycles. The lowest BCUT2D eigenvalue weighted by Gasteiger charge is -2.62. The van der Waals surface area contributed by atoms with E-state index in [-0.39, 0.29) is 12.4 Å². The summed E-state index contributed by atoms with van der Waals surface area (Å²) in [5.74, 6) is 3.90. The first kappa shape index (κ1) is 14.4. The van der Waals surface area contributed by atoms with Gasteiger partial charge in [-0.05, 0) is 74.3 Å². The SMILES string of the molecule is Cl.NCCC1(c2ccccc2)C2CC3CC(C2)CC1C3. The van der Waals surface area contributed by atoms with Crippen molar-refractivity contribution in [3.8, 4) is 0 Å². The van der Waals surface area contributed by atoms with Gasteiger partial charge >= 0.3 is 0 Å².